The third-order valence-corrected chi connectivity index (χ3v) is 4.01. The quantitative estimate of drug-likeness (QED) is 0.372. The third-order valence-electron chi connectivity index (χ3n) is 3.72. The summed E-state index contributed by atoms with van der Waals surface area (Å²) in [6, 6.07) is 9.73. The van der Waals surface area contributed by atoms with Gasteiger partial charge in [0.15, 0.2) is 0 Å². The van der Waals surface area contributed by atoms with Crippen LogP contribution in [0.15, 0.2) is 41.5 Å². The largest absolute Gasteiger partial charge is 0.495 e. The molecule has 0 heterocycles. The Morgan fingerprint density at radius 3 is 2.46 bits per heavy atom. The van der Waals surface area contributed by atoms with Gasteiger partial charge in [0.05, 0.1) is 36.9 Å². The molecule has 0 unspecified atom stereocenters. The van der Waals surface area contributed by atoms with Gasteiger partial charge in [-0.1, -0.05) is 23.7 Å². The molecule has 0 fully saturated rings. The summed E-state index contributed by atoms with van der Waals surface area (Å²) in [4.78, 5) is 24.4. The van der Waals surface area contributed by atoms with Gasteiger partial charge >= 0.3 is 0 Å². The number of anilines is 2. The van der Waals surface area contributed by atoms with Gasteiger partial charge in [0.1, 0.15) is 11.5 Å². The highest BCUT2D eigenvalue weighted by Gasteiger charge is 2.14. The fourth-order valence-corrected chi connectivity index (χ4v) is 2.57. The minimum absolute atomic E-state index is 0.0430. The number of benzene rings is 2. The molecule has 2 aromatic carbocycles. The normalized spacial score (nSPS) is 10.9. The van der Waals surface area contributed by atoms with Gasteiger partial charge in [-0.3, -0.25) is 9.59 Å². The zero-order valence-electron chi connectivity index (χ0n) is 15.7. The summed E-state index contributed by atoms with van der Waals surface area (Å²) in [6.07, 6.45) is -0.0430. The molecule has 2 amide bonds. The SMILES string of the molecule is COc1cc(NC(=O)C/C(C)=N/NC(=O)c2ccccc2N)c(OC)cc1Cl. The molecule has 0 atom stereocenters. The number of hydrazone groups is 1. The lowest BCUT2D eigenvalue weighted by Crippen LogP contribution is -2.22. The standard InChI is InChI=1S/C19H21ClN4O4/c1-11(23-24-19(26)12-6-4-5-7-14(12)21)8-18(25)22-15-10-16(27-2)13(20)9-17(15)28-3/h4-7,9-10H,8,21H2,1-3H3,(H,22,25)(H,24,26)/b23-11+. The molecule has 0 saturated heterocycles. The van der Waals surface area contributed by atoms with Gasteiger partial charge in [-0.05, 0) is 19.1 Å². The van der Waals surface area contributed by atoms with Crippen molar-refractivity contribution in [2.24, 2.45) is 5.10 Å². The molecule has 0 bridgehead atoms. The lowest BCUT2D eigenvalue weighted by Gasteiger charge is -2.13. The van der Waals surface area contributed by atoms with Crippen LogP contribution in [0, 0.1) is 0 Å². The van der Waals surface area contributed by atoms with Crippen LogP contribution >= 0.6 is 11.6 Å². The van der Waals surface area contributed by atoms with Gasteiger partial charge in [0.2, 0.25) is 5.91 Å². The number of halogens is 1. The Bertz CT molecular complexity index is 915. The second kappa shape index (κ2) is 9.61. The number of nitrogens with zero attached hydrogens (tertiary/aromatic N) is 1. The molecule has 0 aliphatic rings. The van der Waals surface area contributed by atoms with Crippen LogP contribution < -0.4 is 25.9 Å². The van der Waals surface area contributed by atoms with Crippen LogP contribution in [0.25, 0.3) is 0 Å². The number of amides is 2. The Morgan fingerprint density at radius 2 is 1.82 bits per heavy atom. The van der Waals surface area contributed by atoms with E-state index in [2.05, 4.69) is 15.8 Å². The lowest BCUT2D eigenvalue weighted by molar-refractivity contribution is -0.115. The Morgan fingerprint density at radius 1 is 1.14 bits per heavy atom. The third kappa shape index (κ3) is 5.37. The fraction of sp³-hybridized carbons (Fsp3) is 0.211. The lowest BCUT2D eigenvalue weighted by atomic mass is 10.2. The number of hydrogen-bond acceptors (Lipinski definition) is 6. The summed E-state index contributed by atoms with van der Waals surface area (Å²) in [5, 5.41) is 7.00. The number of nitrogens with two attached hydrogens (primary N) is 1. The monoisotopic (exact) mass is 404 g/mol. The molecule has 0 radical (unpaired) electrons. The molecule has 4 N–H and O–H groups in total. The van der Waals surface area contributed by atoms with E-state index in [9.17, 15) is 9.59 Å². The molecule has 28 heavy (non-hydrogen) atoms. The summed E-state index contributed by atoms with van der Waals surface area (Å²) in [6.45, 7) is 1.62. The Balaban J connectivity index is 2.02. The highest BCUT2D eigenvalue weighted by atomic mass is 35.5. The van der Waals surface area contributed by atoms with Crippen molar-refractivity contribution < 1.29 is 19.1 Å². The zero-order chi connectivity index (χ0) is 20.7. The van der Waals surface area contributed by atoms with Crippen molar-refractivity contribution in [2.45, 2.75) is 13.3 Å². The first-order chi connectivity index (χ1) is 13.3. The number of nitrogens with one attached hydrogen (secondary N) is 2. The number of rotatable bonds is 7. The Kier molecular flexibility index (Phi) is 7.22. The highest BCUT2D eigenvalue weighted by molar-refractivity contribution is 6.32. The fourth-order valence-electron chi connectivity index (χ4n) is 2.33. The first-order valence-corrected chi connectivity index (χ1v) is 8.62. The second-order valence-electron chi connectivity index (χ2n) is 5.79. The van der Waals surface area contributed by atoms with Gasteiger partial charge in [0.25, 0.3) is 5.91 Å². The van der Waals surface area contributed by atoms with E-state index < -0.39 is 5.91 Å². The predicted molar refractivity (Wildman–Crippen MR) is 109 cm³/mol. The van der Waals surface area contributed by atoms with E-state index in [1.165, 1.54) is 14.2 Å². The van der Waals surface area contributed by atoms with Crippen LogP contribution in [0.5, 0.6) is 11.5 Å². The van der Waals surface area contributed by atoms with Crippen LogP contribution in [0.1, 0.15) is 23.7 Å². The maximum Gasteiger partial charge on any atom is 0.273 e. The molecule has 0 spiro atoms. The van der Waals surface area contributed by atoms with Crippen molar-refractivity contribution in [2.75, 3.05) is 25.3 Å². The number of methoxy groups -OCH3 is 2. The van der Waals surface area contributed by atoms with Crippen molar-refractivity contribution >= 4 is 40.5 Å². The maximum absolute atomic E-state index is 12.3. The summed E-state index contributed by atoms with van der Waals surface area (Å²) in [5.74, 6) is -0.0168. The molecule has 8 nitrogen and oxygen atoms in total. The average molecular weight is 405 g/mol. The van der Waals surface area contributed by atoms with Crippen LogP contribution in [0.3, 0.4) is 0 Å². The van der Waals surface area contributed by atoms with E-state index in [4.69, 9.17) is 26.8 Å². The van der Waals surface area contributed by atoms with Gasteiger partial charge in [-0.25, -0.2) is 5.43 Å². The minimum atomic E-state index is -0.457. The second-order valence-corrected chi connectivity index (χ2v) is 6.19. The van der Waals surface area contributed by atoms with Gasteiger partial charge < -0.3 is 20.5 Å². The summed E-state index contributed by atoms with van der Waals surface area (Å²) in [5.41, 5.74) is 9.59. The summed E-state index contributed by atoms with van der Waals surface area (Å²) in [7, 11) is 2.93. The molecule has 148 valence electrons. The van der Waals surface area contributed by atoms with E-state index in [0.717, 1.165) is 0 Å². The van der Waals surface area contributed by atoms with E-state index in [1.807, 2.05) is 0 Å². The number of nitrogen functional groups attached to an aromatic ring is 1. The number of carbonyl (C=O) groups excluding carboxylic acids is 2. The molecule has 0 aliphatic carbocycles. The van der Waals surface area contributed by atoms with Gasteiger partial charge in [-0.15, -0.1) is 0 Å². The molecule has 0 aliphatic heterocycles. The van der Waals surface area contributed by atoms with E-state index in [0.29, 0.717) is 39.2 Å². The maximum atomic E-state index is 12.3. The van der Waals surface area contributed by atoms with Crippen molar-refractivity contribution in [3.63, 3.8) is 0 Å². The first kappa shape index (κ1) is 21.0. The predicted octanol–water partition coefficient (Wildman–Crippen LogP) is 3.07. The van der Waals surface area contributed by atoms with E-state index in [1.54, 1.807) is 43.3 Å². The van der Waals surface area contributed by atoms with Crippen LogP contribution in [0.2, 0.25) is 5.02 Å². The number of carbonyl (C=O) groups is 2. The molecular weight excluding hydrogens is 384 g/mol. The Labute approximate surface area is 167 Å². The number of hydrogen-bond donors (Lipinski definition) is 3. The topological polar surface area (TPSA) is 115 Å². The molecule has 2 rings (SSSR count). The van der Waals surface area contributed by atoms with Crippen LogP contribution in [0.4, 0.5) is 11.4 Å². The molecule has 0 saturated carbocycles. The average Bonchev–Trinajstić information content (AvgIpc) is 2.67. The zero-order valence-corrected chi connectivity index (χ0v) is 16.5. The first-order valence-electron chi connectivity index (χ1n) is 8.25. The minimum Gasteiger partial charge on any atom is -0.495 e. The van der Waals surface area contributed by atoms with Crippen LogP contribution in [-0.4, -0.2) is 31.7 Å². The van der Waals surface area contributed by atoms with Crippen molar-refractivity contribution in [1.82, 2.24) is 5.43 Å². The van der Waals surface area contributed by atoms with Crippen molar-refractivity contribution in [1.29, 1.82) is 0 Å². The Hall–Kier alpha value is -3.26. The van der Waals surface area contributed by atoms with E-state index in [-0.39, 0.29) is 12.3 Å². The van der Waals surface area contributed by atoms with Gasteiger partial charge in [0, 0.05) is 23.5 Å². The molecular formula is C19H21ClN4O4. The van der Waals surface area contributed by atoms with Crippen molar-refractivity contribution in [3.8, 4) is 11.5 Å². The number of para-hydroxylation sites is 1. The van der Waals surface area contributed by atoms with E-state index >= 15 is 0 Å². The molecule has 9 heteroatoms. The van der Waals surface area contributed by atoms with Crippen LogP contribution in [-0.2, 0) is 4.79 Å². The van der Waals surface area contributed by atoms with Gasteiger partial charge in [-0.2, -0.15) is 5.10 Å². The molecule has 0 aromatic heterocycles. The van der Waals surface area contributed by atoms with Crippen molar-refractivity contribution in [3.05, 3.63) is 47.0 Å². The molecule has 2 aromatic rings. The summed E-state index contributed by atoms with van der Waals surface area (Å²) < 4.78 is 10.4. The summed E-state index contributed by atoms with van der Waals surface area (Å²) >= 11 is 6.05. The number of ether oxygens (including phenoxy) is 2. The smallest absolute Gasteiger partial charge is 0.273 e. The highest BCUT2D eigenvalue weighted by Crippen LogP contribution is 2.35.